The van der Waals surface area contributed by atoms with E-state index in [4.69, 9.17) is 4.74 Å². The van der Waals surface area contributed by atoms with Crippen molar-refractivity contribution >= 4 is 18.7 Å². The second-order valence-electron chi connectivity index (χ2n) is 5.35. The molecule has 3 atom stereocenters. The fourth-order valence-corrected chi connectivity index (χ4v) is 2.22. The highest BCUT2D eigenvalue weighted by molar-refractivity contribution is 7.81. The van der Waals surface area contributed by atoms with Crippen LogP contribution < -0.4 is 5.32 Å². The number of hydrogen-bond donors (Lipinski definition) is 3. The van der Waals surface area contributed by atoms with Crippen LogP contribution >= 0.6 is 12.6 Å². The predicted octanol–water partition coefficient (Wildman–Crippen LogP) is 1.58. The molecule has 5 heteroatoms. The zero-order valence-corrected chi connectivity index (χ0v) is 11.0. The maximum absolute atomic E-state index is 11.4. The highest BCUT2D eigenvalue weighted by Crippen LogP contribution is 2.29. The molecule has 0 radical (unpaired) electrons. The van der Waals surface area contributed by atoms with E-state index in [9.17, 15) is 9.90 Å². The van der Waals surface area contributed by atoms with Crippen LogP contribution in [-0.4, -0.2) is 34.7 Å². The zero-order chi connectivity index (χ0) is 12.3. The molecule has 2 N–H and O–H groups in total. The first kappa shape index (κ1) is 13.6. The van der Waals surface area contributed by atoms with Crippen LogP contribution in [0.15, 0.2) is 0 Å². The van der Waals surface area contributed by atoms with Gasteiger partial charge in [0.25, 0.3) is 0 Å². The summed E-state index contributed by atoms with van der Waals surface area (Å²) in [6.07, 6.45) is 0.780. The Morgan fingerprint density at radius 1 is 1.50 bits per heavy atom. The summed E-state index contributed by atoms with van der Waals surface area (Å²) in [6, 6.07) is 0. The molecule has 0 aromatic heterocycles. The van der Waals surface area contributed by atoms with Gasteiger partial charge in [0.15, 0.2) is 0 Å². The molecule has 1 aliphatic carbocycles. The number of hydrogen-bond acceptors (Lipinski definition) is 4. The van der Waals surface area contributed by atoms with E-state index in [1.54, 1.807) is 0 Å². The molecule has 1 aliphatic rings. The van der Waals surface area contributed by atoms with Crippen molar-refractivity contribution in [2.24, 2.45) is 5.92 Å². The number of amides is 1. The van der Waals surface area contributed by atoms with Crippen LogP contribution in [0.2, 0.25) is 0 Å². The number of alkyl carbamates (subject to hydrolysis) is 1. The van der Waals surface area contributed by atoms with Crippen molar-refractivity contribution in [3.05, 3.63) is 0 Å². The van der Waals surface area contributed by atoms with E-state index >= 15 is 0 Å². The van der Waals surface area contributed by atoms with Gasteiger partial charge in [-0.15, -0.1) is 0 Å². The summed E-state index contributed by atoms with van der Waals surface area (Å²) in [6.45, 7) is 6.03. The monoisotopic (exact) mass is 247 g/mol. The lowest BCUT2D eigenvalue weighted by atomic mass is 10.1. The lowest BCUT2D eigenvalue weighted by Gasteiger charge is -2.20. The van der Waals surface area contributed by atoms with Gasteiger partial charge in [0, 0.05) is 11.8 Å². The van der Waals surface area contributed by atoms with Gasteiger partial charge < -0.3 is 15.2 Å². The Kier molecular flexibility index (Phi) is 4.50. The van der Waals surface area contributed by atoms with Gasteiger partial charge in [0.1, 0.15) is 5.60 Å². The van der Waals surface area contributed by atoms with Crippen molar-refractivity contribution in [1.82, 2.24) is 5.32 Å². The number of rotatable bonds is 2. The molecule has 0 saturated heterocycles. The summed E-state index contributed by atoms with van der Waals surface area (Å²) in [5, 5.41) is 12.2. The average molecular weight is 247 g/mol. The minimum Gasteiger partial charge on any atom is -0.444 e. The smallest absolute Gasteiger partial charge is 0.407 e. The van der Waals surface area contributed by atoms with E-state index < -0.39 is 11.7 Å². The first-order valence-electron chi connectivity index (χ1n) is 5.61. The van der Waals surface area contributed by atoms with Crippen LogP contribution in [0.1, 0.15) is 33.6 Å². The average Bonchev–Trinajstić information content (AvgIpc) is 2.40. The lowest BCUT2D eigenvalue weighted by molar-refractivity contribution is 0.0517. The Labute approximate surface area is 102 Å². The van der Waals surface area contributed by atoms with Crippen LogP contribution in [0.4, 0.5) is 4.79 Å². The molecule has 0 aromatic carbocycles. The van der Waals surface area contributed by atoms with E-state index in [2.05, 4.69) is 17.9 Å². The molecule has 0 bridgehead atoms. The maximum atomic E-state index is 11.4. The Hall–Kier alpha value is -0.420. The molecule has 1 saturated carbocycles. The van der Waals surface area contributed by atoms with Gasteiger partial charge in [-0.1, -0.05) is 0 Å². The van der Waals surface area contributed by atoms with Gasteiger partial charge in [-0.2, -0.15) is 12.6 Å². The van der Waals surface area contributed by atoms with Gasteiger partial charge in [-0.05, 0) is 39.5 Å². The lowest BCUT2D eigenvalue weighted by Crippen LogP contribution is -2.35. The third-order valence-corrected chi connectivity index (χ3v) is 3.08. The minimum absolute atomic E-state index is 0.0328. The second-order valence-corrected chi connectivity index (χ2v) is 6.02. The first-order valence-corrected chi connectivity index (χ1v) is 6.12. The number of carbonyl (C=O) groups is 1. The first-order chi connectivity index (χ1) is 7.28. The molecule has 4 nitrogen and oxygen atoms in total. The van der Waals surface area contributed by atoms with Gasteiger partial charge in [0.2, 0.25) is 0 Å². The number of nitrogens with one attached hydrogen (secondary N) is 1. The Morgan fingerprint density at radius 2 is 2.12 bits per heavy atom. The van der Waals surface area contributed by atoms with Crippen molar-refractivity contribution in [2.45, 2.75) is 50.6 Å². The standard InChI is InChI=1S/C11H21NO3S/c1-11(2,3)15-10(14)12-6-7-4-8(13)9(16)5-7/h7-9,13,16H,4-6H2,1-3H3,(H,12,14)/t7-,8-,9-/m1/s1. The van der Waals surface area contributed by atoms with Gasteiger partial charge in [-0.25, -0.2) is 4.79 Å². The molecular weight excluding hydrogens is 226 g/mol. The van der Waals surface area contributed by atoms with Crippen molar-refractivity contribution in [2.75, 3.05) is 6.54 Å². The number of carbonyl (C=O) groups excluding carboxylic acids is 1. The molecule has 16 heavy (non-hydrogen) atoms. The summed E-state index contributed by atoms with van der Waals surface area (Å²) in [5.74, 6) is 0.296. The summed E-state index contributed by atoms with van der Waals surface area (Å²) >= 11 is 4.27. The molecule has 0 spiro atoms. The van der Waals surface area contributed by atoms with Crippen LogP contribution in [-0.2, 0) is 4.74 Å². The SMILES string of the molecule is CC(C)(C)OC(=O)NC[C@@H]1C[C@@H](O)[C@H](S)C1. The topological polar surface area (TPSA) is 58.6 Å². The van der Waals surface area contributed by atoms with Gasteiger partial charge in [0.05, 0.1) is 6.10 Å². The van der Waals surface area contributed by atoms with E-state index in [0.717, 1.165) is 6.42 Å². The van der Waals surface area contributed by atoms with Crippen LogP contribution in [0.5, 0.6) is 0 Å². The Bertz CT molecular complexity index is 242. The zero-order valence-electron chi connectivity index (χ0n) is 10.1. The number of thiol groups is 1. The molecule has 1 fully saturated rings. The highest BCUT2D eigenvalue weighted by atomic mass is 32.1. The van der Waals surface area contributed by atoms with Crippen molar-refractivity contribution < 1.29 is 14.6 Å². The molecule has 1 rings (SSSR count). The van der Waals surface area contributed by atoms with E-state index in [1.807, 2.05) is 20.8 Å². The third kappa shape index (κ3) is 4.61. The van der Waals surface area contributed by atoms with Gasteiger partial charge >= 0.3 is 6.09 Å². The third-order valence-electron chi connectivity index (χ3n) is 2.53. The molecule has 1 amide bonds. The summed E-state index contributed by atoms with van der Waals surface area (Å²) in [5.41, 5.74) is -0.467. The van der Waals surface area contributed by atoms with Crippen LogP contribution in [0, 0.1) is 5.92 Å². The van der Waals surface area contributed by atoms with Crippen LogP contribution in [0.3, 0.4) is 0 Å². The van der Waals surface area contributed by atoms with Gasteiger partial charge in [-0.3, -0.25) is 0 Å². The molecular formula is C11H21NO3S. The van der Waals surface area contributed by atoms with Crippen molar-refractivity contribution in [3.8, 4) is 0 Å². The number of aliphatic hydroxyl groups is 1. The fourth-order valence-electron chi connectivity index (χ4n) is 1.80. The number of aliphatic hydroxyl groups excluding tert-OH is 1. The van der Waals surface area contributed by atoms with E-state index in [0.29, 0.717) is 18.9 Å². The molecule has 0 aliphatic heterocycles. The summed E-state index contributed by atoms with van der Waals surface area (Å²) < 4.78 is 5.12. The minimum atomic E-state index is -0.467. The number of ether oxygens (including phenoxy) is 1. The van der Waals surface area contributed by atoms with E-state index in [1.165, 1.54) is 0 Å². The maximum Gasteiger partial charge on any atom is 0.407 e. The molecule has 94 valence electrons. The Balaban J connectivity index is 2.23. The quantitative estimate of drug-likeness (QED) is 0.649. The van der Waals surface area contributed by atoms with Crippen molar-refractivity contribution in [1.29, 1.82) is 0 Å². The molecule has 0 unspecified atom stereocenters. The fraction of sp³-hybridized carbons (Fsp3) is 0.909. The normalized spacial score (nSPS) is 30.2. The van der Waals surface area contributed by atoms with E-state index in [-0.39, 0.29) is 11.4 Å². The summed E-state index contributed by atoms with van der Waals surface area (Å²) in [7, 11) is 0. The molecule has 0 aromatic rings. The van der Waals surface area contributed by atoms with Crippen molar-refractivity contribution in [3.63, 3.8) is 0 Å². The highest BCUT2D eigenvalue weighted by Gasteiger charge is 2.30. The largest absolute Gasteiger partial charge is 0.444 e. The van der Waals surface area contributed by atoms with Crippen LogP contribution in [0.25, 0.3) is 0 Å². The Morgan fingerprint density at radius 3 is 2.56 bits per heavy atom. The predicted molar refractivity (Wildman–Crippen MR) is 65.7 cm³/mol. The summed E-state index contributed by atoms with van der Waals surface area (Å²) in [4.78, 5) is 11.4. The molecule has 0 heterocycles. The second kappa shape index (κ2) is 5.27.